The summed E-state index contributed by atoms with van der Waals surface area (Å²) in [7, 11) is 4.88. The van der Waals surface area contributed by atoms with E-state index in [2.05, 4.69) is 28.1 Å². The van der Waals surface area contributed by atoms with Crippen LogP contribution in [0, 0.1) is 0 Å². The van der Waals surface area contributed by atoms with E-state index in [1.165, 1.54) is 5.56 Å². The van der Waals surface area contributed by atoms with E-state index in [4.69, 9.17) is 14.2 Å². The summed E-state index contributed by atoms with van der Waals surface area (Å²) in [4.78, 5) is 0.134. The Labute approximate surface area is 134 Å². The molecular formula is C17H19BrO3. The van der Waals surface area contributed by atoms with Crippen LogP contribution < -0.4 is 14.2 Å². The molecule has 1 atom stereocenters. The molecule has 2 aromatic rings. The Bertz CT molecular complexity index is 584. The first-order chi connectivity index (χ1) is 10.2. The molecule has 3 nitrogen and oxygen atoms in total. The highest BCUT2D eigenvalue weighted by molar-refractivity contribution is 9.09. The lowest BCUT2D eigenvalue weighted by molar-refractivity contribution is 0.322. The van der Waals surface area contributed by atoms with E-state index in [1.807, 2.05) is 30.3 Å². The second-order valence-corrected chi connectivity index (χ2v) is 5.69. The van der Waals surface area contributed by atoms with E-state index < -0.39 is 0 Å². The summed E-state index contributed by atoms with van der Waals surface area (Å²) in [5, 5.41) is 0. The lowest BCUT2D eigenvalue weighted by Gasteiger charge is -2.19. The number of methoxy groups -OCH3 is 3. The summed E-state index contributed by atoms with van der Waals surface area (Å²) >= 11 is 3.75. The van der Waals surface area contributed by atoms with E-state index >= 15 is 0 Å². The third kappa shape index (κ3) is 3.50. The Morgan fingerprint density at radius 1 is 0.857 bits per heavy atom. The highest BCUT2D eigenvalue weighted by atomic mass is 79.9. The molecule has 0 saturated heterocycles. The van der Waals surface area contributed by atoms with Crippen LogP contribution in [0.15, 0.2) is 42.5 Å². The summed E-state index contributed by atoms with van der Waals surface area (Å²) in [6, 6.07) is 14.2. The Hall–Kier alpha value is -1.68. The van der Waals surface area contributed by atoms with Crippen molar-refractivity contribution in [1.82, 2.24) is 0 Å². The number of hydrogen-bond donors (Lipinski definition) is 0. The first kappa shape index (κ1) is 15.7. The van der Waals surface area contributed by atoms with Crippen molar-refractivity contribution in [2.75, 3.05) is 21.3 Å². The molecule has 0 amide bonds. The predicted molar refractivity (Wildman–Crippen MR) is 87.9 cm³/mol. The van der Waals surface area contributed by atoms with Gasteiger partial charge in [-0.3, -0.25) is 0 Å². The zero-order valence-corrected chi connectivity index (χ0v) is 14.0. The third-order valence-electron chi connectivity index (χ3n) is 3.33. The monoisotopic (exact) mass is 350 g/mol. The molecular weight excluding hydrogens is 332 g/mol. The molecule has 0 N–H and O–H groups in total. The van der Waals surface area contributed by atoms with Gasteiger partial charge in [-0.05, 0) is 18.1 Å². The van der Waals surface area contributed by atoms with Gasteiger partial charge in [-0.1, -0.05) is 52.3 Å². The lowest BCUT2D eigenvalue weighted by atomic mass is 10.0. The summed E-state index contributed by atoms with van der Waals surface area (Å²) in [5.41, 5.74) is 2.30. The normalized spacial score (nSPS) is 11.8. The van der Waals surface area contributed by atoms with E-state index in [1.54, 1.807) is 21.3 Å². The maximum Gasteiger partial charge on any atom is 0.203 e. The van der Waals surface area contributed by atoms with Gasteiger partial charge in [0.15, 0.2) is 11.5 Å². The minimum atomic E-state index is 0.134. The van der Waals surface area contributed by atoms with Crippen LogP contribution >= 0.6 is 15.9 Å². The van der Waals surface area contributed by atoms with Crippen molar-refractivity contribution in [3.63, 3.8) is 0 Å². The van der Waals surface area contributed by atoms with Gasteiger partial charge in [-0.2, -0.15) is 0 Å². The van der Waals surface area contributed by atoms with Crippen LogP contribution in [0.2, 0.25) is 0 Å². The van der Waals surface area contributed by atoms with Crippen LogP contribution in [0.4, 0.5) is 0 Å². The molecule has 0 aromatic heterocycles. The average Bonchev–Trinajstić information content (AvgIpc) is 2.53. The summed E-state index contributed by atoms with van der Waals surface area (Å²) in [5.74, 6) is 1.99. The quantitative estimate of drug-likeness (QED) is 0.723. The molecule has 112 valence electrons. The van der Waals surface area contributed by atoms with Crippen LogP contribution in [0.1, 0.15) is 16.0 Å². The number of ether oxygens (including phenoxy) is 3. The topological polar surface area (TPSA) is 27.7 Å². The summed E-state index contributed by atoms with van der Waals surface area (Å²) < 4.78 is 16.3. The fraction of sp³-hybridized carbons (Fsp3) is 0.294. The van der Waals surface area contributed by atoms with Crippen LogP contribution in [-0.2, 0) is 6.42 Å². The lowest BCUT2D eigenvalue weighted by Crippen LogP contribution is -2.02. The Morgan fingerprint density at radius 3 is 2.10 bits per heavy atom. The van der Waals surface area contributed by atoms with Gasteiger partial charge in [0, 0.05) is 10.4 Å². The predicted octanol–water partition coefficient (Wildman–Crippen LogP) is 4.39. The number of rotatable bonds is 6. The molecule has 0 fully saturated rings. The number of halogens is 1. The van der Waals surface area contributed by atoms with Crippen molar-refractivity contribution < 1.29 is 14.2 Å². The first-order valence-corrected chi connectivity index (χ1v) is 7.59. The second kappa shape index (κ2) is 7.36. The van der Waals surface area contributed by atoms with Gasteiger partial charge in [0.2, 0.25) is 5.75 Å². The van der Waals surface area contributed by atoms with Crippen molar-refractivity contribution in [3.8, 4) is 17.2 Å². The van der Waals surface area contributed by atoms with Crippen LogP contribution in [-0.4, -0.2) is 21.3 Å². The zero-order valence-electron chi connectivity index (χ0n) is 12.4. The van der Waals surface area contributed by atoms with Crippen LogP contribution in [0.5, 0.6) is 17.2 Å². The molecule has 0 aliphatic rings. The van der Waals surface area contributed by atoms with Gasteiger partial charge in [0.1, 0.15) is 0 Å². The minimum Gasteiger partial charge on any atom is -0.493 e. The van der Waals surface area contributed by atoms with E-state index in [9.17, 15) is 0 Å². The maximum absolute atomic E-state index is 5.53. The zero-order chi connectivity index (χ0) is 15.2. The van der Waals surface area contributed by atoms with Gasteiger partial charge >= 0.3 is 0 Å². The fourth-order valence-corrected chi connectivity index (χ4v) is 3.04. The minimum absolute atomic E-state index is 0.134. The van der Waals surface area contributed by atoms with Gasteiger partial charge in [0.25, 0.3) is 0 Å². The molecule has 0 heterocycles. The molecule has 0 bridgehead atoms. The number of hydrogen-bond acceptors (Lipinski definition) is 3. The standard InChI is InChI=1S/C17H19BrO3/c1-19-15-10-9-13(16(20-2)17(15)21-3)14(18)11-12-7-5-4-6-8-12/h4-10,14H,11H2,1-3H3. The van der Waals surface area contributed by atoms with Crippen molar-refractivity contribution in [1.29, 1.82) is 0 Å². The molecule has 0 aliphatic carbocycles. The van der Waals surface area contributed by atoms with Gasteiger partial charge in [-0.25, -0.2) is 0 Å². The van der Waals surface area contributed by atoms with Crippen molar-refractivity contribution >= 4 is 15.9 Å². The average molecular weight is 351 g/mol. The van der Waals surface area contributed by atoms with Crippen molar-refractivity contribution in [2.24, 2.45) is 0 Å². The van der Waals surface area contributed by atoms with E-state index in [0.717, 1.165) is 12.0 Å². The fourth-order valence-electron chi connectivity index (χ4n) is 2.30. The maximum atomic E-state index is 5.53. The van der Waals surface area contributed by atoms with Gasteiger partial charge in [0.05, 0.1) is 21.3 Å². The van der Waals surface area contributed by atoms with E-state index in [0.29, 0.717) is 17.2 Å². The smallest absolute Gasteiger partial charge is 0.203 e. The number of benzene rings is 2. The highest BCUT2D eigenvalue weighted by Gasteiger charge is 2.20. The molecule has 0 aliphatic heterocycles. The molecule has 1 unspecified atom stereocenters. The largest absolute Gasteiger partial charge is 0.493 e. The summed E-state index contributed by atoms with van der Waals surface area (Å²) in [6.07, 6.45) is 0.868. The molecule has 4 heteroatoms. The summed E-state index contributed by atoms with van der Waals surface area (Å²) in [6.45, 7) is 0. The first-order valence-electron chi connectivity index (χ1n) is 6.68. The Morgan fingerprint density at radius 2 is 1.52 bits per heavy atom. The van der Waals surface area contributed by atoms with E-state index in [-0.39, 0.29) is 4.83 Å². The number of alkyl halides is 1. The second-order valence-electron chi connectivity index (χ2n) is 4.58. The van der Waals surface area contributed by atoms with Crippen molar-refractivity contribution in [3.05, 3.63) is 53.6 Å². The molecule has 0 saturated carbocycles. The molecule has 2 rings (SSSR count). The molecule has 2 aromatic carbocycles. The SMILES string of the molecule is COc1ccc(C(Br)Cc2ccccc2)c(OC)c1OC. The van der Waals surface area contributed by atoms with Gasteiger partial charge in [-0.15, -0.1) is 0 Å². The van der Waals surface area contributed by atoms with Crippen molar-refractivity contribution in [2.45, 2.75) is 11.2 Å². The molecule has 0 spiro atoms. The third-order valence-corrected chi connectivity index (χ3v) is 4.15. The highest BCUT2D eigenvalue weighted by Crippen LogP contribution is 2.44. The molecule has 21 heavy (non-hydrogen) atoms. The van der Waals surface area contributed by atoms with Crippen LogP contribution in [0.25, 0.3) is 0 Å². The van der Waals surface area contributed by atoms with Crippen LogP contribution in [0.3, 0.4) is 0 Å². The molecule has 0 radical (unpaired) electrons. The Balaban J connectivity index is 2.34. The van der Waals surface area contributed by atoms with Gasteiger partial charge < -0.3 is 14.2 Å². The Kier molecular flexibility index (Phi) is 5.51.